The van der Waals surface area contributed by atoms with Gasteiger partial charge in [0.2, 0.25) is 0 Å². The van der Waals surface area contributed by atoms with Gasteiger partial charge in [-0.3, -0.25) is 4.79 Å². The Bertz CT molecular complexity index is 702. The highest BCUT2D eigenvalue weighted by Gasteiger charge is 2.39. The van der Waals surface area contributed by atoms with Gasteiger partial charge in [-0.25, -0.2) is 18.1 Å². The largest absolute Gasteiger partial charge is 0.329 e. The van der Waals surface area contributed by atoms with Crippen LogP contribution in [-0.2, 0) is 14.6 Å². The molecular weight excluding hydrogens is 316 g/mol. The number of imide groups is 1. The van der Waals surface area contributed by atoms with Gasteiger partial charge in [0.1, 0.15) is 15.9 Å². The first-order valence-corrected chi connectivity index (χ1v) is 8.71. The molecule has 8 heteroatoms. The minimum Gasteiger partial charge on any atom is -0.325 e. The molecule has 2 rings (SSSR count). The van der Waals surface area contributed by atoms with Gasteiger partial charge in [-0.2, -0.15) is 0 Å². The number of carbonyl (C=O) groups is 2. The Kier molecular flexibility index (Phi) is 4.25. The fourth-order valence-corrected chi connectivity index (χ4v) is 2.86. The maximum absolute atomic E-state index is 12.2. The molecule has 0 aliphatic carbocycles. The highest BCUT2D eigenvalue weighted by Crippen LogP contribution is 2.26. The van der Waals surface area contributed by atoms with Gasteiger partial charge in [-0.15, -0.1) is 0 Å². The highest BCUT2D eigenvalue weighted by molar-refractivity contribution is 7.90. The Morgan fingerprint density at radius 2 is 2.00 bits per heavy atom. The Morgan fingerprint density at radius 1 is 1.33 bits per heavy atom. The van der Waals surface area contributed by atoms with E-state index in [1.54, 1.807) is 12.1 Å². The average molecular weight is 331 g/mol. The number of aryl methyl sites for hydroxylation is 1. The molecule has 1 aromatic rings. The molecule has 1 unspecified atom stereocenters. The second-order valence-electron chi connectivity index (χ2n) is 5.03. The number of carbonyl (C=O) groups excluding carboxylic acids is 2. The lowest BCUT2D eigenvalue weighted by Crippen LogP contribution is -2.32. The van der Waals surface area contributed by atoms with E-state index in [1.165, 1.54) is 6.07 Å². The predicted molar refractivity (Wildman–Crippen MR) is 80.3 cm³/mol. The summed E-state index contributed by atoms with van der Waals surface area (Å²) in [7, 11) is -3.19. The number of benzene rings is 1. The number of anilines is 1. The Morgan fingerprint density at radius 3 is 2.57 bits per heavy atom. The molecule has 1 aromatic carbocycles. The second kappa shape index (κ2) is 5.65. The van der Waals surface area contributed by atoms with Gasteiger partial charge in [0.25, 0.3) is 5.91 Å². The maximum atomic E-state index is 12.2. The summed E-state index contributed by atoms with van der Waals surface area (Å²) in [6, 6.07) is 3.47. The summed E-state index contributed by atoms with van der Waals surface area (Å²) < 4.78 is 22.3. The van der Waals surface area contributed by atoms with Crippen LogP contribution in [0.4, 0.5) is 10.5 Å². The van der Waals surface area contributed by atoms with Crippen LogP contribution in [-0.4, -0.2) is 38.4 Å². The van der Waals surface area contributed by atoms with Gasteiger partial charge in [0.05, 0.1) is 11.4 Å². The minimum atomic E-state index is -3.19. The topological polar surface area (TPSA) is 83.6 Å². The van der Waals surface area contributed by atoms with Crippen LogP contribution >= 0.6 is 11.6 Å². The van der Waals surface area contributed by atoms with Crippen LogP contribution in [0.1, 0.15) is 12.0 Å². The van der Waals surface area contributed by atoms with E-state index in [1.807, 2.05) is 6.92 Å². The van der Waals surface area contributed by atoms with Crippen molar-refractivity contribution in [2.75, 3.05) is 16.9 Å². The molecule has 0 radical (unpaired) electrons. The van der Waals surface area contributed by atoms with Crippen LogP contribution in [0.2, 0.25) is 5.02 Å². The first-order valence-electron chi connectivity index (χ1n) is 6.27. The predicted octanol–water partition coefficient (Wildman–Crippen LogP) is 1.51. The summed E-state index contributed by atoms with van der Waals surface area (Å²) in [5.74, 6) is -0.629. The molecule has 1 fully saturated rings. The molecule has 3 amide bonds. The molecule has 1 aliphatic heterocycles. The van der Waals surface area contributed by atoms with E-state index in [0.29, 0.717) is 10.7 Å². The highest BCUT2D eigenvalue weighted by atomic mass is 35.5. The summed E-state index contributed by atoms with van der Waals surface area (Å²) in [5, 5.41) is 2.94. The van der Waals surface area contributed by atoms with E-state index >= 15 is 0 Å². The lowest BCUT2D eigenvalue weighted by molar-refractivity contribution is -0.118. The summed E-state index contributed by atoms with van der Waals surface area (Å²) >= 11 is 6.00. The van der Waals surface area contributed by atoms with Crippen molar-refractivity contribution in [3.63, 3.8) is 0 Å². The molecule has 114 valence electrons. The van der Waals surface area contributed by atoms with Crippen molar-refractivity contribution in [1.82, 2.24) is 5.32 Å². The third kappa shape index (κ3) is 3.54. The molecule has 1 saturated heterocycles. The molecule has 6 nitrogen and oxygen atoms in total. The van der Waals surface area contributed by atoms with Crippen molar-refractivity contribution in [3.8, 4) is 0 Å². The average Bonchev–Trinajstić information content (AvgIpc) is 2.65. The van der Waals surface area contributed by atoms with Gasteiger partial charge in [0, 0.05) is 11.3 Å². The molecule has 1 N–H and O–H groups in total. The lowest BCUT2D eigenvalue weighted by Gasteiger charge is -2.14. The minimum absolute atomic E-state index is 0.0551. The van der Waals surface area contributed by atoms with E-state index < -0.39 is 27.8 Å². The number of nitrogens with one attached hydrogen (secondary N) is 1. The zero-order valence-electron chi connectivity index (χ0n) is 11.6. The lowest BCUT2D eigenvalue weighted by atomic mass is 10.2. The first-order chi connectivity index (χ1) is 9.69. The number of nitrogens with zero attached hydrogens (tertiary/aromatic N) is 1. The van der Waals surface area contributed by atoms with E-state index in [4.69, 9.17) is 11.6 Å². The standard InChI is InChI=1S/C13H15ClN2O4S/c1-8-3-4-9(7-10(8)14)16-12(17)11(15-13(16)18)5-6-21(2,19)20/h3-4,7,11H,5-6H2,1-2H3,(H,15,18). The molecule has 0 aromatic heterocycles. The molecule has 0 bridgehead atoms. The second-order valence-corrected chi connectivity index (χ2v) is 7.69. The van der Waals surface area contributed by atoms with Crippen molar-refractivity contribution in [2.45, 2.75) is 19.4 Å². The van der Waals surface area contributed by atoms with Crippen LogP contribution in [0.15, 0.2) is 18.2 Å². The zero-order chi connectivity index (χ0) is 15.8. The fourth-order valence-electron chi connectivity index (χ4n) is 2.02. The van der Waals surface area contributed by atoms with Crippen LogP contribution in [0.25, 0.3) is 0 Å². The van der Waals surface area contributed by atoms with E-state index in [2.05, 4.69) is 5.32 Å². The molecule has 0 saturated carbocycles. The number of hydrogen-bond acceptors (Lipinski definition) is 4. The third-order valence-corrected chi connectivity index (χ3v) is 4.59. The molecule has 1 atom stereocenters. The Hall–Kier alpha value is -1.60. The smallest absolute Gasteiger partial charge is 0.325 e. The maximum Gasteiger partial charge on any atom is 0.329 e. The van der Waals surface area contributed by atoms with Gasteiger partial charge < -0.3 is 5.32 Å². The van der Waals surface area contributed by atoms with Crippen LogP contribution < -0.4 is 10.2 Å². The van der Waals surface area contributed by atoms with Crippen molar-refractivity contribution in [2.24, 2.45) is 0 Å². The third-order valence-electron chi connectivity index (χ3n) is 3.21. The molecule has 1 aliphatic rings. The first kappa shape index (κ1) is 15.8. The number of amides is 3. The molecule has 1 heterocycles. The van der Waals surface area contributed by atoms with Crippen molar-refractivity contribution < 1.29 is 18.0 Å². The van der Waals surface area contributed by atoms with Crippen molar-refractivity contribution in [1.29, 1.82) is 0 Å². The quantitative estimate of drug-likeness (QED) is 0.848. The van der Waals surface area contributed by atoms with Gasteiger partial charge in [0.15, 0.2) is 0 Å². The Labute approximate surface area is 128 Å². The van der Waals surface area contributed by atoms with Gasteiger partial charge >= 0.3 is 6.03 Å². The monoisotopic (exact) mass is 330 g/mol. The number of sulfone groups is 1. The molecule has 21 heavy (non-hydrogen) atoms. The Balaban J connectivity index is 2.20. The van der Waals surface area contributed by atoms with Gasteiger partial charge in [-0.05, 0) is 31.0 Å². The van der Waals surface area contributed by atoms with E-state index in [0.717, 1.165) is 16.7 Å². The molecule has 0 spiro atoms. The number of urea groups is 1. The van der Waals surface area contributed by atoms with E-state index in [-0.39, 0.29) is 12.2 Å². The van der Waals surface area contributed by atoms with Crippen LogP contribution in [0.5, 0.6) is 0 Å². The summed E-state index contributed by atoms with van der Waals surface area (Å²) in [5.41, 5.74) is 1.20. The number of halogens is 1. The van der Waals surface area contributed by atoms with Gasteiger partial charge in [-0.1, -0.05) is 17.7 Å². The summed E-state index contributed by atoms with van der Waals surface area (Å²) in [6.45, 7) is 1.81. The van der Waals surface area contributed by atoms with Crippen LogP contribution in [0, 0.1) is 6.92 Å². The van der Waals surface area contributed by atoms with Crippen molar-refractivity contribution in [3.05, 3.63) is 28.8 Å². The normalized spacial score (nSPS) is 19.0. The number of hydrogen-bond donors (Lipinski definition) is 1. The summed E-state index contributed by atoms with van der Waals surface area (Å²) in [6.07, 6.45) is 1.14. The van der Waals surface area contributed by atoms with Crippen LogP contribution in [0.3, 0.4) is 0 Å². The van der Waals surface area contributed by atoms with E-state index in [9.17, 15) is 18.0 Å². The summed E-state index contributed by atoms with van der Waals surface area (Å²) in [4.78, 5) is 25.1. The SMILES string of the molecule is Cc1ccc(N2C(=O)NC(CCS(C)(=O)=O)C2=O)cc1Cl. The number of rotatable bonds is 4. The van der Waals surface area contributed by atoms with Crippen molar-refractivity contribution >= 4 is 39.1 Å². The fraction of sp³-hybridized carbons (Fsp3) is 0.385. The molecular formula is C13H15ClN2O4S. The zero-order valence-corrected chi connectivity index (χ0v) is 13.2.